The lowest BCUT2D eigenvalue weighted by molar-refractivity contribution is -0.113. The van der Waals surface area contributed by atoms with Crippen molar-refractivity contribution in [2.45, 2.75) is 6.54 Å². The second-order valence-electron chi connectivity index (χ2n) is 8.47. The average molecular weight is 457 g/mol. The van der Waals surface area contributed by atoms with E-state index in [4.69, 9.17) is 0 Å². The Kier molecular flexibility index (Phi) is 4.89. The van der Waals surface area contributed by atoms with Crippen LogP contribution in [0.1, 0.15) is 37.4 Å². The molecular weight excluding hydrogens is 436 g/mol. The highest BCUT2D eigenvalue weighted by atomic mass is 16.2. The van der Waals surface area contributed by atoms with Crippen molar-refractivity contribution < 1.29 is 14.4 Å². The van der Waals surface area contributed by atoms with Gasteiger partial charge in [0.1, 0.15) is 0 Å². The second kappa shape index (κ2) is 8.22. The van der Waals surface area contributed by atoms with Gasteiger partial charge in [0.05, 0.1) is 34.6 Å². The molecule has 4 aromatic carbocycles. The number of hydrogen-bond donors (Lipinski definition) is 0. The van der Waals surface area contributed by atoms with Crippen LogP contribution in [0.2, 0.25) is 0 Å². The van der Waals surface area contributed by atoms with Crippen LogP contribution in [0, 0.1) is 0 Å². The molecule has 5 heteroatoms. The van der Waals surface area contributed by atoms with E-state index in [0.29, 0.717) is 40.1 Å². The largest absolute Gasteiger partial charge is 0.303 e. The summed E-state index contributed by atoms with van der Waals surface area (Å²) in [5.74, 6) is -1.10. The van der Waals surface area contributed by atoms with Gasteiger partial charge in [-0.25, -0.2) is 4.90 Å². The fourth-order valence-corrected chi connectivity index (χ4v) is 4.81. The monoisotopic (exact) mass is 456 g/mol. The standard InChI is InChI=1S/C30H20N2O3/c33-28-22-15-7-8-16-23(22)29(34)32(28)27(21-13-5-2-6-14-21)26-24-17-9-10-18-25(24)31(30(26)35)19-20-11-3-1-4-12-20/h1-18H,19H2/b27-26+. The first kappa shape index (κ1) is 20.8. The normalized spacial score (nSPS) is 15.9. The summed E-state index contributed by atoms with van der Waals surface area (Å²) in [5, 5.41) is 0. The highest BCUT2D eigenvalue weighted by Gasteiger charge is 2.43. The van der Waals surface area contributed by atoms with E-state index >= 15 is 0 Å². The van der Waals surface area contributed by atoms with Gasteiger partial charge in [-0.15, -0.1) is 0 Å². The maximum Gasteiger partial charge on any atom is 0.266 e. The van der Waals surface area contributed by atoms with Crippen molar-refractivity contribution in [1.82, 2.24) is 4.90 Å². The number of hydrogen-bond acceptors (Lipinski definition) is 3. The van der Waals surface area contributed by atoms with Crippen LogP contribution in [0.15, 0.2) is 109 Å². The van der Waals surface area contributed by atoms with Gasteiger partial charge in [0.15, 0.2) is 0 Å². The molecule has 0 unspecified atom stereocenters. The van der Waals surface area contributed by atoms with Gasteiger partial charge in [-0.1, -0.05) is 91.0 Å². The molecule has 0 radical (unpaired) electrons. The molecule has 0 saturated carbocycles. The Bertz CT molecular complexity index is 1490. The number of imide groups is 1. The fourth-order valence-electron chi connectivity index (χ4n) is 4.81. The number of para-hydroxylation sites is 1. The summed E-state index contributed by atoms with van der Waals surface area (Å²) in [7, 11) is 0. The molecule has 0 atom stereocenters. The molecule has 0 spiro atoms. The zero-order valence-corrected chi connectivity index (χ0v) is 18.7. The molecule has 4 aromatic rings. The lowest BCUT2D eigenvalue weighted by atomic mass is 9.99. The molecule has 0 N–H and O–H groups in total. The van der Waals surface area contributed by atoms with E-state index in [1.54, 1.807) is 29.2 Å². The quantitative estimate of drug-likeness (QED) is 0.305. The number of carbonyl (C=O) groups is 3. The highest BCUT2D eigenvalue weighted by molar-refractivity contribution is 6.40. The number of amides is 3. The minimum absolute atomic E-state index is 0.245. The summed E-state index contributed by atoms with van der Waals surface area (Å²) in [6.45, 7) is 0.379. The van der Waals surface area contributed by atoms with E-state index < -0.39 is 11.8 Å². The van der Waals surface area contributed by atoms with Gasteiger partial charge < -0.3 is 4.90 Å². The smallest absolute Gasteiger partial charge is 0.266 e. The Balaban J connectivity index is 1.58. The molecule has 0 aliphatic carbocycles. The molecule has 2 aliphatic rings. The predicted octanol–water partition coefficient (Wildman–Crippen LogP) is 5.40. The second-order valence-corrected chi connectivity index (χ2v) is 8.47. The van der Waals surface area contributed by atoms with E-state index in [1.165, 1.54) is 0 Å². The van der Waals surface area contributed by atoms with Gasteiger partial charge >= 0.3 is 0 Å². The van der Waals surface area contributed by atoms with E-state index in [9.17, 15) is 14.4 Å². The van der Waals surface area contributed by atoms with Crippen molar-refractivity contribution >= 4 is 34.7 Å². The zero-order valence-electron chi connectivity index (χ0n) is 18.7. The van der Waals surface area contributed by atoms with Crippen LogP contribution in [0.5, 0.6) is 0 Å². The van der Waals surface area contributed by atoms with Crippen LogP contribution in [0.3, 0.4) is 0 Å². The third kappa shape index (κ3) is 3.28. The minimum atomic E-state index is -0.427. The Morgan fingerprint density at radius 3 is 1.69 bits per heavy atom. The van der Waals surface area contributed by atoms with E-state index in [2.05, 4.69) is 0 Å². The number of benzene rings is 4. The van der Waals surface area contributed by atoms with Crippen molar-refractivity contribution in [1.29, 1.82) is 0 Å². The summed E-state index contributed by atoms with van der Waals surface area (Å²) in [4.78, 5) is 43.9. The third-order valence-electron chi connectivity index (χ3n) is 6.41. The molecule has 5 nitrogen and oxygen atoms in total. The van der Waals surface area contributed by atoms with E-state index in [1.807, 2.05) is 84.9 Å². The van der Waals surface area contributed by atoms with Crippen molar-refractivity contribution in [2.24, 2.45) is 0 Å². The maximum atomic E-state index is 14.0. The van der Waals surface area contributed by atoms with E-state index in [-0.39, 0.29) is 5.91 Å². The Labute approximate surface area is 202 Å². The average Bonchev–Trinajstić information content (AvgIpc) is 3.32. The fraction of sp³-hybridized carbons (Fsp3) is 0.0333. The van der Waals surface area contributed by atoms with Crippen molar-refractivity contribution in [3.8, 4) is 0 Å². The number of fused-ring (bicyclic) bond motifs is 2. The first-order chi connectivity index (χ1) is 17.1. The number of anilines is 1. The summed E-state index contributed by atoms with van der Waals surface area (Å²) >= 11 is 0. The summed E-state index contributed by atoms with van der Waals surface area (Å²) in [5.41, 5.74) is 4.39. The van der Waals surface area contributed by atoms with Gasteiger partial charge in [0, 0.05) is 5.56 Å². The van der Waals surface area contributed by atoms with Crippen LogP contribution >= 0.6 is 0 Å². The number of rotatable bonds is 4. The molecular formula is C30H20N2O3. The topological polar surface area (TPSA) is 57.7 Å². The minimum Gasteiger partial charge on any atom is -0.303 e. The lowest BCUT2D eigenvalue weighted by Crippen LogP contribution is -2.31. The van der Waals surface area contributed by atoms with Crippen LogP contribution in [0.25, 0.3) is 11.3 Å². The van der Waals surface area contributed by atoms with Gasteiger partial charge in [0.2, 0.25) is 0 Å². The van der Waals surface area contributed by atoms with Crippen LogP contribution in [0.4, 0.5) is 5.69 Å². The number of carbonyl (C=O) groups excluding carboxylic acids is 3. The Hall–Kier alpha value is -4.77. The Morgan fingerprint density at radius 1 is 0.543 bits per heavy atom. The highest BCUT2D eigenvalue weighted by Crippen LogP contribution is 2.44. The Morgan fingerprint density at radius 2 is 1.06 bits per heavy atom. The van der Waals surface area contributed by atoms with Crippen molar-refractivity contribution in [2.75, 3.05) is 4.90 Å². The first-order valence-electron chi connectivity index (χ1n) is 11.4. The lowest BCUT2D eigenvalue weighted by Gasteiger charge is -2.21. The van der Waals surface area contributed by atoms with Crippen LogP contribution in [-0.4, -0.2) is 22.6 Å². The SMILES string of the molecule is O=C1c2ccccc2C(=O)N1/C(=C1/C(=O)N(Cc2ccccc2)c2ccccc21)c1ccccc1. The molecule has 0 saturated heterocycles. The summed E-state index contributed by atoms with van der Waals surface area (Å²) in [6, 6.07) is 33.2. The van der Waals surface area contributed by atoms with Crippen LogP contribution < -0.4 is 4.90 Å². The summed E-state index contributed by atoms with van der Waals surface area (Å²) in [6.07, 6.45) is 0. The van der Waals surface area contributed by atoms with Gasteiger partial charge in [0.25, 0.3) is 17.7 Å². The molecule has 0 bridgehead atoms. The third-order valence-corrected chi connectivity index (χ3v) is 6.41. The maximum absolute atomic E-state index is 14.0. The van der Waals surface area contributed by atoms with E-state index in [0.717, 1.165) is 16.2 Å². The molecule has 2 heterocycles. The molecule has 2 aliphatic heterocycles. The summed E-state index contributed by atoms with van der Waals surface area (Å²) < 4.78 is 0. The zero-order chi connectivity index (χ0) is 23.9. The molecule has 0 aromatic heterocycles. The molecule has 0 fully saturated rings. The van der Waals surface area contributed by atoms with Gasteiger partial charge in [-0.05, 0) is 29.3 Å². The predicted molar refractivity (Wildman–Crippen MR) is 134 cm³/mol. The van der Waals surface area contributed by atoms with Gasteiger partial charge in [-0.3, -0.25) is 14.4 Å². The number of nitrogens with zero attached hydrogens (tertiary/aromatic N) is 2. The molecule has 6 rings (SSSR count). The molecule has 35 heavy (non-hydrogen) atoms. The van der Waals surface area contributed by atoms with Crippen molar-refractivity contribution in [3.63, 3.8) is 0 Å². The van der Waals surface area contributed by atoms with Crippen molar-refractivity contribution in [3.05, 3.63) is 137 Å². The van der Waals surface area contributed by atoms with Crippen LogP contribution in [-0.2, 0) is 11.3 Å². The molecule has 168 valence electrons. The molecule has 3 amide bonds. The first-order valence-corrected chi connectivity index (χ1v) is 11.4. The van der Waals surface area contributed by atoms with Gasteiger partial charge in [-0.2, -0.15) is 0 Å².